The highest BCUT2D eigenvalue weighted by molar-refractivity contribution is 6.30. The molecule has 0 radical (unpaired) electrons. The average molecular weight is 409 g/mol. The summed E-state index contributed by atoms with van der Waals surface area (Å²) in [5.41, 5.74) is 2.35. The molecule has 4 rings (SSSR count). The molecule has 2 N–H and O–H groups in total. The van der Waals surface area contributed by atoms with Crippen LogP contribution in [0.15, 0.2) is 60.9 Å². The molecule has 7 heteroatoms. The van der Waals surface area contributed by atoms with Crippen molar-refractivity contribution in [2.75, 3.05) is 6.54 Å². The van der Waals surface area contributed by atoms with E-state index >= 15 is 0 Å². The van der Waals surface area contributed by atoms with Gasteiger partial charge in [0.1, 0.15) is 11.9 Å². The van der Waals surface area contributed by atoms with Crippen molar-refractivity contribution >= 4 is 23.4 Å². The van der Waals surface area contributed by atoms with Gasteiger partial charge in [0.05, 0.1) is 0 Å². The van der Waals surface area contributed by atoms with Crippen LogP contribution in [0.1, 0.15) is 28.8 Å². The van der Waals surface area contributed by atoms with Gasteiger partial charge in [-0.25, -0.2) is 4.98 Å². The summed E-state index contributed by atoms with van der Waals surface area (Å²) in [6, 6.07) is 14.2. The Hall–Kier alpha value is -3.12. The molecule has 148 valence electrons. The summed E-state index contributed by atoms with van der Waals surface area (Å²) in [5, 5.41) is 3.60. The first kappa shape index (κ1) is 19.2. The first-order valence-electron chi connectivity index (χ1n) is 9.55. The zero-order chi connectivity index (χ0) is 20.2. The third kappa shape index (κ3) is 4.32. The summed E-state index contributed by atoms with van der Waals surface area (Å²) in [5.74, 6) is 0.439. The average Bonchev–Trinajstić information content (AvgIpc) is 3.45. The lowest BCUT2D eigenvalue weighted by Crippen LogP contribution is -2.45. The van der Waals surface area contributed by atoms with Gasteiger partial charge in [0.25, 0.3) is 5.91 Å². The molecule has 0 bridgehead atoms. The fourth-order valence-electron chi connectivity index (χ4n) is 3.58. The van der Waals surface area contributed by atoms with E-state index in [1.54, 1.807) is 35.5 Å². The van der Waals surface area contributed by atoms with Gasteiger partial charge in [-0.1, -0.05) is 35.9 Å². The van der Waals surface area contributed by atoms with Crippen molar-refractivity contribution in [1.29, 1.82) is 0 Å². The molecule has 0 aliphatic carbocycles. The number of halogens is 1. The van der Waals surface area contributed by atoms with E-state index in [0.717, 1.165) is 17.5 Å². The van der Waals surface area contributed by atoms with Gasteiger partial charge in [-0.3, -0.25) is 9.59 Å². The number of nitrogens with one attached hydrogen (secondary N) is 2. The number of nitrogens with zero attached hydrogens (tertiary/aromatic N) is 2. The smallest absolute Gasteiger partial charge is 0.254 e. The largest absolute Gasteiger partial charge is 0.350 e. The lowest BCUT2D eigenvalue weighted by Gasteiger charge is -2.24. The number of hydrogen-bond acceptors (Lipinski definition) is 3. The van der Waals surface area contributed by atoms with Crippen molar-refractivity contribution in [3.05, 3.63) is 77.1 Å². The van der Waals surface area contributed by atoms with Gasteiger partial charge in [-0.05, 0) is 42.7 Å². The van der Waals surface area contributed by atoms with Crippen molar-refractivity contribution in [2.24, 2.45) is 0 Å². The molecule has 1 aliphatic rings. The molecule has 2 amide bonds. The molecule has 0 unspecified atom stereocenters. The molecule has 3 aromatic rings. The van der Waals surface area contributed by atoms with Gasteiger partial charge >= 0.3 is 0 Å². The summed E-state index contributed by atoms with van der Waals surface area (Å²) in [6.45, 7) is 0.978. The van der Waals surface area contributed by atoms with Crippen molar-refractivity contribution in [2.45, 2.75) is 25.4 Å². The number of hydrogen-bond donors (Lipinski definition) is 2. The summed E-state index contributed by atoms with van der Waals surface area (Å²) in [7, 11) is 0. The first-order valence-corrected chi connectivity index (χ1v) is 9.92. The lowest BCUT2D eigenvalue weighted by molar-refractivity contribution is -0.125. The van der Waals surface area contributed by atoms with Gasteiger partial charge in [-0.15, -0.1) is 0 Å². The van der Waals surface area contributed by atoms with Crippen LogP contribution in [0.3, 0.4) is 0 Å². The van der Waals surface area contributed by atoms with Crippen LogP contribution in [0.25, 0.3) is 11.4 Å². The second kappa shape index (κ2) is 8.49. The molecule has 2 heterocycles. The predicted molar refractivity (Wildman–Crippen MR) is 111 cm³/mol. The van der Waals surface area contributed by atoms with E-state index < -0.39 is 6.04 Å². The maximum atomic E-state index is 13.1. The van der Waals surface area contributed by atoms with Crippen molar-refractivity contribution in [1.82, 2.24) is 20.2 Å². The van der Waals surface area contributed by atoms with Crippen LogP contribution >= 0.6 is 11.6 Å². The zero-order valence-corrected chi connectivity index (χ0v) is 16.5. The maximum absolute atomic E-state index is 13.1. The van der Waals surface area contributed by atoms with E-state index in [9.17, 15) is 9.59 Å². The minimum Gasteiger partial charge on any atom is -0.350 e. The molecule has 1 aromatic heterocycles. The van der Waals surface area contributed by atoms with Crippen LogP contribution in [0.4, 0.5) is 0 Å². The van der Waals surface area contributed by atoms with E-state index in [1.165, 1.54) is 0 Å². The number of amides is 2. The highest BCUT2D eigenvalue weighted by atomic mass is 35.5. The molecule has 0 saturated carbocycles. The Labute approximate surface area is 173 Å². The second-order valence-electron chi connectivity index (χ2n) is 7.02. The van der Waals surface area contributed by atoms with Crippen LogP contribution in [-0.4, -0.2) is 39.3 Å². The Bertz CT molecular complexity index is 1000. The number of H-pyrrole nitrogens is 1. The van der Waals surface area contributed by atoms with Gasteiger partial charge < -0.3 is 15.2 Å². The van der Waals surface area contributed by atoms with Crippen molar-refractivity contribution < 1.29 is 9.59 Å². The SMILES string of the molecule is O=C(NCc1ccc(Cl)cc1)[C@@H]1CCCN1C(=O)c1cccc(-c2ncc[nH]2)c1. The Morgan fingerprint density at radius 2 is 2.03 bits per heavy atom. The van der Waals surface area contributed by atoms with E-state index in [4.69, 9.17) is 11.6 Å². The lowest BCUT2D eigenvalue weighted by atomic mass is 10.1. The van der Waals surface area contributed by atoms with E-state index in [2.05, 4.69) is 15.3 Å². The van der Waals surface area contributed by atoms with Crippen LogP contribution in [0.5, 0.6) is 0 Å². The number of imidazole rings is 1. The molecule has 2 aromatic carbocycles. The zero-order valence-electron chi connectivity index (χ0n) is 15.8. The highest BCUT2D eigenvalue weighted by Crippen LogP contribution is 2.23. The normalized spacial score (nSPS) is 16.0. The van der Waals surface area contributed by atoms with E-state index in [1.807, 2.05) is 30.3 Å². The Morgan fingerprint density at radius 3 is 2.79 bits per heavy atom. The first-order chi connectivity index (χ1) is 14.1. The molecule has 1 aliphatic heterocycles. The monoisotopic (exact) mass is 408 g/mol. The van der Waals surface area contributed by atoms with Gasteiger partial charge in [0.15, 0.2) is 0 Å². The molecule has 6 nitrogen and oxygen atoms in total. The maximum Gasteiger partial charge on any atom is 0.254 e. The van der Waals surface area contributed by atoms with Crippen LogP contribution in [-0.2, 0) is 11.3 Å². The summed E-state index contributed by atoms with van der Waals surface area (Å²) >= 11 is 5.90. The molecule has 1 saturated heterocycles. The second-order valence-corrected chi connectivity index (χ2v) is 7.46. The molecular weight excluding hydrogens is 388 g/mol. The minimum absolute atomic E-state index is 0.131. The predicted octanol–water partition coefficient (Wildman–Crippen LogP) is 3.65. The summed E-state index contributed by atoms with van der Waals surface area (Å²) < 4.78 is 0. The Kier molecular flexibility index (Phi) is 5.62. The highest BCUT2D eigenvalue weighted by Gasteiger charge is 2.34. The number of aromatic amines is 1. The number of carbonyl (C=O) groups is 2. The third-order valence-electron chi connectivity index (χ3n) is 5.08. The molecule has 0 spiro atoms. The van der Waals surface area contributed by atoms with E-state index in [-0.39, 0.29) is 11.8 Å². The minimum atomic E-state index is -0.456. The van der Waals surface area contributed by atoms with Gasteiger partial charge in [-0.2, -0.15) is 0 Å². The molecular formula is C22H21ClN4O2. The number of rotatable bonds is 5. The van der Waals surface area contributed by atoms with Crippen molar-refractivity contribution in [3.63, 3.8) is 0 Å². The molecule has 1 atom stereocenters. The third-order valence-corrected chi connectivity index (χ3v) is 5.33. The fourth-order valence-corrected chi connectivity index (χ4v) is 3.71. The summed E-state index contributed by atoms with van der Waals surface area (Å²) in [6.07, 6.45) is 4.88. The Balaban J connectivity index is 1.45. The molecule has 1 fully saturated rings. The number of benzene rings is 2. The molecule has 29 heavy (non-hydrogen) atoms. The fraction of sp³-hybridized carbons (Fsp3) is 0.227. The van der Waals surface area contributed by atoms with Crippen LogP contribution in [0, 0.1) is 0 Å². The van der Waals surface area contributed by atoms with Crippen LogP contribution in [0.2, 0.25) is 5.02 Å². The topological polar surface area (TPSA) is 78.1 Å². The quantitative estimate of drug-likeness (QED) is 0.676. The van der Waals surface area contributed by atoms with Crippen molar-refractivity contribution in [3.8, 4) is 11.4 Å². The van der Waals surface area contributed by atoms with Crippen LogP contribution < -0.4 is 5.32 Å². The van der Waals surface area contributed by atoms with Gasteiger partial charge in [0.2, 0.25) is 5.91 Å². The summed E-state index contributed by atoms with van der Waals surface area (Å²) in [4.78, 5) is 34.8. The Morgan fingerprint density at radius 1 is 1.21 bits per heavy atom. The number of likely N-dealkylation sites (tertiary alicyclic amines) is 1. The number of aromatic nitrogens is 2. The number of carbonyl (C=O) groups excluding carboxylic acids is 2. The van der Waals surface area contributed by atoms with Gasteiger partial charge in [0, 0.05) is 41.6 Å². The standard InChI is InChI=1S/C22H21ClN4O2/c23-18-8-6-15(7-9-18)14-26-21(28)19-5-2-12-27(19)22(29)17-4-1-3-16(13-17)20-24-10-11-25-20/h1,3-4,6-11,13,19H,2,5,12,14H2,(H,24,25)(H,26,28)/t19-/m0/s1. The van der Waals surface area contributed by atoms with E-state index in [0.29, 0.717) is 35.9 Å².